The normalized spacial score (nSPS) is 18.6. The molecule has 128 valence electrons. The van der Waals surface area contributed by atoms with Gasteiger partial charge in [-0.3, -0.25) is 9.10 Å². The number of hydrogen-bond acceptors (Lipinski definition) is 4. The van der Waals surface area contributed by atoms with Crippen LogP contribution in [0.25, 0.3) is 0 Å². The molecule has 0 aromatic heterocycles. The van der Waals surface area contributed by atoms with E-state index >= 15 is 0 Å². The molecule has 2 rings (SSSR count). The van der Waals surface area contributed by atoms with Crippen LogP contribution < -0.4 is 9.04 Å². The van der Waals surface area contributed by atoms with Crippen LogP contribution in [0.2, 0.25) is 0 Å². The number of piperidine rings is 1. The summed E-state index contributed by atoms with van der Waals surface area (Å²) in [5, 5.41) is 0. The molecule has 6 nitrogen and oxygen atoms in total. The van der Waals surface area contributed by atoms with Gasteiger partial charge in [0.1, 0.15) is 12.3 Å². The number of nitrogens with zero attached hydrogens (tertiary/aromatic N) is 2. The Morgan fingerprint density at radius 3 is 2.70 bits per heavy atom. The topological polar surface area (TPSA) is 66.9 Å². The van der Waals surface area contributed by atoms with Crippen molar-refractivity contribution in [3.8, 4) is 5.75 Å². The third-order valence-corrected chi connectivity index (χ3v) is 5.17. The summed E-state index contributed by atoms with van der Waals surface area (Å²) in [7, 11) is -2.11. The first-order chi connectivity index (χ1) is 10.8. The van der Waals surface area contributed by atoms with Crippen LogP contribution >= 0.6 is 0 Å². The minimum absolute atomic E-state index is 0.173. The van der Waals surface area contributed by atoms with E-state index in [0.717, 1.165) is 23.4 Å². The molecule has 1 aromatic carbocycles. The molecule has 0 bridgehead atoms. The fourth-order valence-electron chi connectivity index (χ4n) is 2.86. The molecule has 1 aliphatic heterocycles. The highest BCUT2D eigenvalue weighted by Crippen LogP contribution is 2.29. The Balaban J connectivity index is 2.25. The van der Waals surface area contributed by atoms with E-state index in [-0.39, 0.29) is 12.5 Å². The van der Waals surface area contributed by atoms with E-state index in [1.807, 2.05) is 0 Å². The lowest BCUT2D eigenvalue weighted by Crippen LogP contribution is -2.46. The highest BCUT2D eigenvalue weighted by molar-refractivity contribution is 7.92. The summed E-state index contributed by atoms with van der Waals surface area (Å²) in [6.07, 6.45) is 3.16. The van der Waals surface area contributed by atoms with Gasteiger partial charge in [-0.25, -0.2) is 8.42 Å². The lowest BCUT2D eigenvalue weighted by atomic mass is 10.0. The molecule has 1 aliphatic rings. The monoisotopic (exact) mass is 340 g/mol. The molecule has 1 unspecified atom stereocenters. The smallest absolute Gasteiger partial charge is 0.243 e. The zero-order valence-corrected chi connectivity index (χ0v) is 14.7. The average molecular weight is 340 g/mol. The summed E-state index contributed by atoms with van der Waals surface area (Å²) in [4.78, 5) is 14.3. The van der Waals surface area contributed by atoms with Gasteiger partial charge < -0.3 is 9.64 Å². The molecule has 1 aromatic rings. The van der Waals surface area contributed by atoms with Crippen LogP contribution in [0.5, 0.6) is 5.75 Å². The van der Waals surface area contributed by atoms with Crippen molar-refractivity contribution < 1.29 is 17.9 Å². The maximum Gasteiger partial charge on any atom is 0.243 e. The zero-order chi connectivity index (χ0) is 17.0. The van der Waals surface area contributed by atoms with E-state index in [2.05, 4.69) is 6.92 Å². The number of hydrogen-bond donors (Lipinski definition) is 0. The molecule has 23 heavy (non-hydrogen) atoms. The van der Waals surface area contributed by atoms with Crippen LogP contribution in [0, 0.1) is 5.92 Å². The summed E-state index contributed by atoms with van der Waals surface area (Å²) in [6, 6.07) is 6.81. The van der Waals surface area contributed by atoms with Gasteiger partial charge >= 0.3 is 0 Å². The van der Waals surface area contributed by atoms with E-state index in [0.29, 0.717) is 30.4 Å². The zero-order valence-electron chi connectivity index (χ0n) is 13.9. The molecule has 1 fully saturated rings. The number of carbonyl (C=O) groups is 1. The quantitative estimate of drug-likeness (QED) is 0.818. The van der Waals surface area contributed by atoms with Crippen molar-refractivity contribution in [3.05, 3.63) is 24.3 Å². The number of rotatable bonds is 5. The van der Waals surface area contributed by atoms with Gasteiger partial charge in [0.05, 0.1) is 19.1 Å². The number of amides is 1. The second kappa shape index (κ2) is 7.21. The van der Waals surface area contributed by atoms with Crippen molar-refractivity contribution in [3.63, 3.8) is 0 Å². The van der Waals surface area contributed by atoms with Crippen molar-refractivity contribution in [2.45, 2.75) is 19.8 Å². The van der Waals surface area contributed by atoms with E-state index < -0.39 is 10.0 Å². The van der Waals surface area contributed by atoms with Crippen LogP contribution in [0.4, 0.5) is 5.69 Å². The predicted octanol–water partition coefficient (Wildman–Crippen LogP) is 1.72. The molecule has 1 heterocycles. The maximum atomic E-state index is 12.6. The van der Waals surface area contributed by atoms with Crippen molar-refractivity contribution in [1.29, 1.82) is 0 Å². The van der Waals surface area contributed by atoms with Crippen LogP contribution in [0.1, 0.15) is 19.8 Å². The number of benzene rings is 1. The van der Waals surface area contributed by atoms with Crippen molar-refractivity contribution in [2.24, 2.45) is 5.92 Å². The Hall–Kier alpha value is -1.76. The first kappa shape index (κ1) is 17.6. The standard InChI is InChI=1S/C16H24N2O4S/c1-13-7-6-10-17(11-13)16(19)12-18(23(3,20)21)14-8-4-5-9-15(14)22-2/h4-5,8-9,13H,6-7,10-12H2,1-3H3. The number of methoxy groups -OCH3 is 1. The highest BCUT2D eigenvalue weighted by Gasteiger charge is 2.28. The van der Waals surface area contributed by atoms with Crippen molar-refractivity contribution >= 4 is 21.6 Å². The van der Waals surface area contributed by atoms with E-state index in [1.54, 1.807) is 29.2 Å². The van der Waals surface area contributed by atoms with Gasteiger partial charge in [0.2, 0.25) is 15.9 Å². The lowest BCUT2D eigenvalue weighted by Gasteiger charge is -2.33. The molecule has 1 amide bonds. The molecular formula is C16H24N2O4S. The minimum Gasteiger partial charge on any atom is -0.495 e. The number of sulfonamides is 1. The highest BCUT2D eigenvalue weighted by atomic mass is 32.2. The first-order valence-corrected chi connectivity index (χ1v) is 9.56. The van der Waals surface area contributed by atoms with Gasteiger partial charge in [-0.1, -0.05) is 19.1 Å². The Bertz CT molecular complexity index is 660. The molecule has 1 atom stereocenters. The molecule has 7 heteroatoms. The number of carbonyl (C=O) groups excluding carboxylic acids is 1. The van der Waals surface area contributed by atoms with Crippen LogP contribution in [0.15, 0.2) is 24.3 Å². The summed E-state index contributed by atoms with van der Waals surface area (Å²) in [5.41, 5.74) is 0.385. The Morgan fingerprint density at radius 1 is 1.39 bits per heavy atom. The molecule has 0 spiro atoms. The average Bonchev–Trinajstić information content (AvgIpc) is 2.51. The lowest BCUT2D eigenvalue weighted by molar-refractivity contribution is -0.131. The van der Waals surface area contributed by atoms with Gasteiger partial charge in [-0.2, -0.15) is 0 Å². The van der Waals surface area contributed by atoms with Crippen molar-refractivity contribution in [2.75, 3.05) is 37.3 Å². The third-order valence-electron chi connectivity index (χ3n) is 4.04. The Kier molecular flexibility index (Phi) is 5.51. The Labute approximate surface area is 138 Å². The molecule has 1 saturated heterocycles. The van der Waals surface area contributed by atoms with Crippen LogP contribution in [0.3, 0.4) is 0 Å². The van der Waals surface area contributed by atoms with Crippen LogP contribution in [-0.2, 0) is 14.8 Å². The van der Waals surface area contributed by atoms with Gasteiger partial charge in [0, 0.05) is 13.1 Å². The van der Waals surface area contributed by atoms with Crippen LogP contribution in [-0.4, -0.2) is 52.2 Å². The number of para-hydroxylation sites is 2. The largest absolute Gasteiger partial charge is 0.495 e. The SMILES string of the molecule is COc1ccccc1N(CC(=O)N1CCCC(C)C1)S(C)(=O)=O. The molecule has 0 aliphatic carbocycles. The third kappa shape index (κ3) is 4.37. The number of likely N-dealkylation sites (tertiary alicyclic amines) is 1. The minimum atomic E-state index is -3.59. The predicted molar refractivity (Wildman–Crippen MR) is 90.2 cm³/mol. The first-order valence-electron chi connectivity index (χ1n) is 7.71. The molecule has 0 N–H and O–H groups in total. The fraction of sp³-hybridized carbons (Fsp3) is 0.562. The molecular weight excluding hydrogens is 316 g/mol. The fourth-order valence-corrected chi connectivity index (χ4v) is 3.71. The second-order valence-electron chi connectivity index (χ2n) is 6.03. The van der Waals surface area contributed by atoms with Gasteiger partial charge in [-0.05, 0) is 30.9 Å². The van der Waals surface area contributed by atoms with Gasteiger partial charge in [0.15, 0.2) is 0 Å². The second-order valence-corrected chi connectivity index (χ2v) is 7.94. The Morgan fingerprint density at radius 2 is 2.09 bits per heavy atom. The van der Waals surface area contributed by atoms with Gasteiger partial charge in [0.25, 0.3) is 0 Å². The number of ether oxygens (including phenoxy) is 1. The summed E-state index contributed by atoms with van der Waals surface area (Å²) >= 11 is 0. The maximum absolute atomic E-state index is 12.6. The summed E-state index contributed by atoms with van der Waals surface area (Å²) in [6.45, 7) is 3.27. The molecule has 0 saturated carbocycles. The number of anilines is 1. The van der Waals surface area contributed by atoms with E-state index in [9.17, 15) is 13.2 Å². The summed E-state index contributed by atoms with van der Waals surface area (Å²) in [5.74, 6) is 0.705. The van der Waals surface area contributed by atoms with Gasteiger partial charge in [-0.15, -0.1) is 0 Å². The van der Waals surface area contributed by atoms with E-state index in [1.165, 1.54) is 7.11 Å². The molecule has 0 radical (unpaired) electrons. The van der Waals surface area contributed by atoms with E-state index in [4.69, 9.17) is 4.74 Å². The van der Waals surface area contributed by atoms with Crippen molar-refractivity contribution in [1.82, 2.24) is 4.90 Å². The summed E-state index contributed by atoms with van der Waals surface area (Å²) < 4.78 is 30.7.